The van der Waals surface area contributed by atoms with E-state index in [0.29, 0.717) is 17.4 Å². The van der Waals surface area contributed by atoms with Crippen molar-refractivity contribution < 1.29 is 4.79 Å². The highest BCUT2D eigenvalue weighted by Crippen LogP contribution is 2.28. The van der Waals surface area contributed by atoms with Crippen molar-refractivity contribution in [1.29, 1.82) is 0 Å². The van der Waals surface area contributed by atoms with Gasteiger partial charge in [0.25, 0.3) is 0 Å². The average molecular weight is 492 g/mol. The van der Waals surface area contributed by atoms with Gasteiger partial charge in [-0.2, -0.15) is 0 Å². The summed E-state index contributed by atoms with van der Waals surface area (Å²) in [6.45, 7) is 0. The van der Waals surface area contributed by atoms with E-state index in [1.165, 1.54) is 17.3 Å². The van der Waals surface area contributed by atoms with Gasteiger partial charge in [0.2, 0.25) is 5.91 Å². The molecule has 2 heterocycles. The maximum atomic E-state index is 13.1. The molecule has 0 bridgehead atoms. The van der Waals surface area contributed by atoms with E-state index in [-0.39, 0.29) is 17.7 Å². The largest absolute Gasteiger partial charge is 0.348 e. The molecule has 0 spiro atoms. The van der Waals surface area contributed by atoms with E-state index in [1.54, 1.807) is 12.4 Å². The second kappa shape index (κ2) is 11.5. The van der Waals surface area contributed by atoms with Crippen LogP contribution in [0.4, 0.5) is 0 Å². The highest BCUT2D eigenvalue weighted by Gasteiger charge is 2.19. The van der Waals surface area contributed by atoms with Gasteiger partial charge >= 0.3 is 0 Å². The number of nitrogens with one attached hydrogen (secondary N) is 1. The van der Waals surface area contributed by atoms with Gasteiger partial charge in [0.1, 0.15) is 0 Å². The van der Waals surface area contributed by atoms with Crippen LogP contribution in [-0.2, 0) is 11.2 Å². The number of nitrogens with zero attached hydrogens (tertiary/aromatic N) is 4. The molecule has 178 valence electrons. The summed E-state index contributed by atoms with van der Waals surface area (Å²) < 4.78 is 1.97. The van der Waals surface area contributed by atoms with Crippen molar-refractivity contribution in [2.45, 2.75) is 17.6 Å². The predicted octanol–water partition coefficient (Wildman–Crippen LogP) is 5.52. The van der Waals surface area contributed by atoms with Crippen LogP contribution in [0.25, 0.3) is 17.1 Å². The molecule has 5 aromatic rings. The molecule has 6 nitrogen and oxygen atoms in total. The summed E-state index contributed by atoms with van der Waals surface area (Å²) >= 11 is 1.37. The molecular formula is C29H25N5OS. The molecule has 1 unspecified atom stereocenters. The lowest BCUT2D eigenvalue weighted by Crippen LogP contribution is -2.31. The molecule has 5 rings (SSSR count). The van der Waals surface area contributed by atoms with Crippen LogP contribution in [-0.4, -0.2) is 31.4 Å². The minimum absolute atomic E-state index is 0.0599. The first-order chi connectivity index (χ1) is 17.8. The molecule has 1 atom stereocenters. The molecular weight excluding hydrogens is 466 g/mol. The van der Waals surface area contributed by atoms with E-state index in [4.69, 9.17) is 0 Å². The van der Waals surface area contributed by atoms with Crippen molar-refractivity contribution in [2.24, 2.45) is 0 Å². The summed E-state index contributed by atoms with van der Waals surface area (Å²) in [4.78, 5) is 17.3. The third kappa shape index (κ3) is 5.70. The quantitative estimate of drug-likeness (QED) is 0.275. The van der Waals surface area contributed by atoms with Gasteiger partial charge in [0.15, 0.2) is 11.0 Å². The van der Waals surface area contributed by atoms with Crippen LogP contribution in [0.2, 0.25) is 0 Å². The zero-order chi connectivity index (χ0) is 24.6. The summed E-state index contributed by atoms with van der Waals surface area (Å²) in [5.74, 6) is 0.842. The molecule has 36 heavy (non-hydrogen) atoms. The number of amides is 1. The Labute approximate surface area is 214 Å². The molecule has 0 radical (unpaired) electrons. The normalized spacial score (nSPS) is 11.7. The molecule has 3 aromatic carbocycles. The Morgan fingerprint density at radius 2 is 1.53 bits per heavy atom. The lowest BCUT2D eigenvalue weighted by molar-refractivity contribution is -0.119. The highest BCUT2D eigenvalue weighted by atomic mass is 32.2. The van der Waals surface area contributed by atoms with Gasteiger partial charge in [-0.1, -0.05) is 90.6 Å². The second-order valence-corrected chi connectivity index (χ2v) is 9.17. The molecule has 0 aliphatic heterocycles. The standard InChI is InChI=1S/C29H25N5OS/c35-27(31-26(23-13-6-2-7-14-23)19-22-11-4-1-5-12-22)21-36-29-33-32-28(24-15-10-18-30-20-24)34(29)25-16-8-3-9-17-25/h1-18,20,26H,19,21H2,(H,31,35). The van der Waals surface area contributed by atoms with Crippen LogP contribution in [0.15, 0.2) is 121 Å². The minimum Gasteiger partial charge on any atom is -0.348 e. The fourth-order valence-corrected chi connectivity index (χ4v) is 4.77. The maximum Gasteiger partial charge on any atom is 0.230 e. The number of hydrogen-bond acceptors (Lipinski definition) is 5. The number of rotatable bonds is 9. The molecule has 0 aliphatic rings. The topological polar surface area (TPSA) is 72.7 Å². The second-order valence-electron chi connectivity index (χ2n) is 8.23. The van der Waals surface area contributed by atoms with Gasteiger partial charge in [0, 0.05) is 23.6 Å². The lowest BCUT2D eigenvalue weighted by atomic mass is 9.99. The third-order valence-electron chi connectivity index (χ3n) is 5.72. The van der Waals surface area contributed by atoms with Crippen LogP contribution in [0, 0.1) is 0 Å². The Bertz CT molecular complexity index is 1390. The summed E-state index contributed by atoms with van der Waals surface area (Å²) in [7, 11) is 0. The number of aromatic nitrogens is 4. The molecule has 0 saturated carbocycles. The Hall–Kier alpha value is -4.23. The van der Waals surface area contributed by atoms with Crippen LogP contribution in [0.5, 0.6) is 0 Å². The fraction of sp³-hybridized carbons (Fsp3) is 0.103. The maximum absolute atomic E-state index is 13.1. The van der Waals surface area contributed by atoms with Crippen LogP contribution < -0.4 is 5.32 Å². The smallest absolute Gasteiger partial charge is 0.230 e. The van der Waals surface area contributed by atoms with Crippen molar-refractivity contribution in [1.82, 2.24) is 25.1 Å². The lowest BCUT2D eigenvalue weighted by Gasteiger charge is -2.19. The van der Waals surface area contributed by atoms with E-state index >= 15 is 0 Å². The Balaban J connectivity index is 1.35. The van der Waals surface area contributed by atoms with E-state index < -0.39 is 0 Å². The summed E-state index contributed by atoms with van der Waals surface area (Å²) in [5.41, 5.74) is 4.03. The number of benzene rings is 3. The van der Waals surface area contributed by atoms with Crippen molar-refractivity contribution in [2.75, 3.05) is 5.75 Å². The zero-order valence-electron chi connectivity index (χ0n) is 19.6. The van der Waals surface area contributed by atoms with Crippen LogP contribution in [0.1, 0.15) is 17.2 Å². The van der Waals surface area contributed by atoms with Gasteiger partial charge in [0.05, 0.1) is 11.8 Å². The van der Waals surface area contributed by atoms with E-state index in [9.17, 15) is 4.79 Å². The molecule has 0 saturated heterocycles. The van der Waals surface area contributed by atoms with Gasteiger partial charge in [-0.15, -0.1) is 10.2 Å². The number of pyridine rings is 1. The molecule has 1 amide bonds. The van der Waals surface area contributed by atoms with E-state index in [0.717, 1.165) is 16.8 Å². The molecule has 2 aromatic heterocycles. The first-order valence-electron chi connectivity index (χ1n) is 11.7. The Morgan fingerprint density at radius 1 is 0.833 bits per heavy atom. The van der Waals surface area contributed by atoms with Gasteiger partial charge < -0.3 is 5.32 Å². The number of hydrogen-bond donors (Lipinski definition) is 1. The van der Waals surface area contributed by atoms with Crippen molar-refractivity contribution >= 4 is 17.7 Å². The molecule has 1 N–H and O–H groups in total. The fourth-order valence-electron chi connectivity index (χ4n) is 4.01. The zero-order valence-corrected chi connectivity index (χ0v) is 20.4. The number of thioether (sulfide) groups is 1. The van der Waals surface area contributed by atoms with Crippen LogP contribution >= 0.6 is 11.8 Å². The van der Waals surface area contributed by atoms with E-state index in [1.807, 2.05) is 95.6 Å². The monoisotopic (exact) mass is 491 g/mol. The minimum atomic E-state index is -0.125. The highest BCUT2D eigenvalue weighted by molar-refractivity contribution is 7.99. The first-order valence-corrected chi connectivity index (χ1v) is 12.7. The average Bonchev–Trinajstić information content (AvgIpc) is 3.38. The van der Waals surface area contributed by atoms with E-state index in [2.05, 4.69) is 32.6 Å². The number of carbonyl (C=O) groups excluding carboxylic acids is 1. The van der Waals surface area contributed by atoms with Crippen LogP contribution in [0.3, 0.4) is 0 Å². The van der Waals surface area contributed by atoms with Crippen molar-refractivity contribution in [3.63, 3.8) is 0 Å². The predicted molar refractivity (Wildman–Crippen MR) is 143 cm³/mol. The van der Waals surface area contributed by atoms with Gasteiger partial charge in [-0.3, -0.25) is 14.3 Å². The van der Waals surface area contributed by atoms with Gasteiger partial charge in [-0.05, 0) is 41.8 Å². The summed E-state index contributed by atoms with van der Waals surface area (Å²) in [5, 5.41) is 12.7. The summed E-state index contributed by atoms with van der Waals surface area (Å²) in [6.07, 6.45) is 4.20. The molecule has 0 fully saturated rings. The number of para-hydroxylation sites is 1. The molecule has 7 heteroatoms. The Kier molecular flexibility index (Phi) is 7.49. The third-order valence-corrected chi connectivity index (χ3v) is 6.65. The Morgan fingerprint density at radius 3 is 2.22 bits per heavy atom. The van der Waals surface area contributed by atoms with Crippen molar-refractivity contribution in [3.05, 3.63) is 127 Å². The van der Waals surface area contributed by atoms with Gasteiger partial charge in [-0.25, -0.2) is 0 Å². The number of carbonyl (C=O) groups is 1. The summed E-state index contributed by atoms with van der Waals surface area (Å²) in [6, 6.07) is 33.9. The molecule has 0 aliphatic carbocycles. The van der Waals surface area contributed by atoms with Crippen molar-refractivity contribution in [3.8, 4) is 17.1 Å². The SMILES string of the molecule is O=C(CSc1nnc(-c2cccnc2)n1-c1ccccc1)NC(Cc1ccccc1)c1ccccc1. The first kappa shape index (κ1) is 23.5.